The van der Waals surface area contributed by atoms with Gasteiger partial charge in [-0.3, -0.25) is 14.5 Å². The second kappa shape index (κ2) is 9.25. The van der Waals surface area contributed by atoms with Crippen LogP contribution < -0.4 is 10.6 Å². The second-order valence-electron chi connectivity index (χ2n) is 6.61. The first kappa shape index (κ1) is 20.7. The fraction of sp³-hybridized carbons (Fsp3) is 0.529. The van der Waals surface area contributed by atoms with E-state index >= 15 is 0 Å². The van der Waals surface area contributed by atoms with Gasteiger partial charge < -0.3 is 10.6 Å². The molecule has 0 aromatic heterocycles. The summed E-state index contributed by atoms with van der Waals surface area (Å²) in [6.45, 7) is 8.93. The molecule has 0 saturated carbocycles. The zero-order chi connectivity index (χ0) is 18.3. The smallest absolute Gasteiger partial charge is 0.234 e. The summed E-state index contributed by atoms with van der Waals surface area (Å²) in [5.41, 5.74) is 0.507. The number of halogens is 2. The van der Waals surface area contributed by atoms with Gasteiger partial charge in [0, 0.05) is 22.1 Å². The largest absolute Gasteiger partial charge is 0.351 e. The summed E-state index contributed by atoms with van der Waals surface area (Å²) in [4.78, 5) is 25.8. The van der Waals surface area contributed by atoms with Gasteiger partial charge in [0.05, 0.1) is 13.1 Å². The van der Waals surface area contributed by atoms with Crippen LogP contribution in [0.3, 0.4) is 0 Å². The third-order valence-electron chi connectivity index (χ3n) is 3.19. The van der Waals surface area contributed by atoms with Crippen LogP contribution >= 0.6 is 23.2 Å². The van der Waals surface area contributed by atoms with Crippen LogP contribution in [0.25, 0.3) is 0 Å². The Hall–Kier alpha value is -1.30. The molecule has 2 amide bonds. The van der Waals surface area contributed by atoms with Crippen molar-refractivity contribution < 1.29 is 9.59 Å². The van der Waals surface area contributed by atoms with Crippen LogP contribution in [0.1, 0.15) is 33.3 Å². The molecule has 0 aliphatic carbocycles. The zero-order valence-electron chi connectivity index (χ0n) is 14.6. The van der Waals surface area contributed by atoms with Gasteiger partial charge in [0.25, 0.3) is 0 Å². The highest BCUT2D eigenvalue weighted by Crippen LogP contribution is 2.20. The van der Waals surface area contributed by atoms with Gasteiger partial charge in [-0.1, -0.05) is 36.2 Å². The van der Waals surface area contributed by atoms with E-state index in [4.69, 9.17) is 23.2 Å². The van der Waals surface area contributed by atoms with Crippen LogP contribution in [0.15, 0.2) is 18.2 Å². The number of likely N-dealkylation sites (N-methyl/N-ethyl adjacent to an activating group) is 1. The van der Waals surface area contributed by atoms with E-state index in [0.717, 1.165) is 5.56 Å². The van der Waals surface area contributed by atoms with Crippen molar-refractivity contribution in [3.8, 4) is 0 Å². The standard InChI is InChI=1S/C17H25Cl2N3O2/c1-5-22(11-16(24)21-17(2,3)4)10-15(23)20-9-12-6-7-13(18)8-14(12)19/h6-8H,5,9-11H2,1-4H3,(H,20,23)(H,21,24). The number of amides is 2. The normalized spacial score (nSPS) is 11.5. The van der Waals surface area contributed by atoms with Crippen molar-refractivity contribution in [2.24, 2.45) is 0 Å². The second-order valence-corrected chi connectivity index (χ2v) is 7.46. The Morgan fingerprint density at radius 3 is 2.29 bits per heavy atom. The van der Waals surface area contributed by atoms with Gasteiger partial charge in [-0.15, -0.1) is 0 Å². The molecule has 0 spiro atoms. The first-order chi connectivity index (χ1) is 11.1. The minimum absolute atomic E-state index is 0.0992. The van der Waals surface area contributed by atoms with Gasteiger partial charge in [-0.25, -0.2) is 0 Å². The summed E-state index contributed by atoms with van der Waals surface area (Å²) < 4.78 is 0. The molecule has 1 aromatic carbocycles. The van der Waals surface area contributed by atoms with Gasteiger partial charge in [-0.05, 0) is 45.0 Å². The molecule has 5 nitrogen and oxygen atoms in total. The predicted octanol–water partition coefficient (Wildman–Crippen LogP) is 2.85. The summed E-state index contributed by atoms with van der Waals surface area (Å²) in [5.74, 6) is -0.260. The van der Waals surface area contributed by atoms with E-state index in [9.17, 15) is 9.59 Å². The molecule has 0 atom stereocenters. The maximum Gasteiger partial charge on any atom is 0.234 e. The molecule has 2 N–H and O–H groups in total. The van der Waals surface area contributed by atoms with E-state index < -0.39 is 0 Å². The summed E-state index contributed by atoms with van der Waals surface area (Å²) in [7, 11) is 0. The third kappa shape index (κ3) is 7.99. The van der Waals surface area contributed by atoms with Gasteiger partial charge in [-0.2, -0.15) is 0 Å². The third-order valence-corrected chi connectivity index (χ3v) is 3.77. The molecule has 7 heteroatoms. The van der Waals surface area contributed by atoms with Crippen molar-refractivity contribution in [2.45, 2.75) is 39.8 Å². The Kier molecular flexibility index (Phi) is 8.00. The van der Waals surface area contributed by atoms with Crippen molar-refractivity contribution in [3.05, 3.63) is 33.8 Å². The van der Waals surface area contributed by atoms with Gasteiger partial charge in [0.15, 0.2) is 0 Å². The van der Waals surface area contributed by atoms with E-state index in [1.807, 2.05) is 27.7 Å². The van der Waals surface area contributed by atoms with Gasteiger partial charge >= 0.3 is 0 Å². The highest BCUT2D eigenvalue weighted by atomic mass is 35.5. The van der Waals surface area contributed by atoms with E-state index in [-0.39, 0.29) is 30.4 Å². The Morgan fingerprint density at radius 1 is 1.12 bits per heavy atom. The van der Waals surface area contributed by atoms with Crippen molar-refractivity contribution in [2.75, 3.05) is 19.6 Å². The lowest BCUT2D eigenvalue weighted by Crippen LogP contribution is -2.47. The molecule has 0 fully saturated rings. The molecular formula is C17H25Cl2N3O2. The van der Waals surface area contributed by atoms with Crippen LogP contribution in [0.2, 0.25) is 10.0 Å². The molecule has 0 saturated heterocycles. The molecule has 1 aromatic rings. The predicted molar refractivity (Wildman–Crippen MR) is 98.3 cm³/mol. The van der Waals surface area contributed by atoms with Gasteiger partial charge in [0.1, 0.15) is 0 Å². The molecule has 134 valence electrons. The number of benzene rings is 1. The molecule has 1 rings (SSSR count). The molecular weight excluding hydrogens is 349 g/mol. The number of nitrogens with one attached hydrogen (secondary N) is 2. The fourth-order valence-electron chi connectivity index (χ4n) is 2.06. The number of carbonyl (C=O) groups excluding carboxylic acids is 2. The Morgan fingerprint density at radius 2 is 1.75 bits per heavy atom. The zero-order valence-corrected chi connectivity index (χ0v) is 16.1. The maximum atomic E-state index is 12.1. The minimum Gasteiger partial charge on any atom is -0.351 e. The number of carbonyl (C=O) groups is 2. The van der Waals surface area contributed by atoms with Crippen LogP contribution in [-0.2, 0) is 16.1 Å². The molecule has 0 heterocycles. The topological polar surface area (TPSA) is 61.4 Å². The van der Waals surface area contributed by atoms with Crippen LogP contribution in [0, 0.1) is 0 Å². The number of hydrogen-bond acceptors (Lipinski definition) is 3. The molecule has 0 bridgehead atoms. The monoisotopic (exact) mass is 373 g/mol. The van der Waals surface area contributed by atoms with Crippen molar-refractivity contribution in [1.29, 1.82) is 0 Å². The minimum atomic E-state index is -0.288. The average molecular weight is 374 g/mol. The quantitative estimate of drug-likeness (QED) is 0.772. The van der Waals surface area contributed by atoms with E-state index in [1.165, 1.54) is 0 Å². The Balaban J connectivity index is 2.48. The van der Waals surface area contributed by atoms with Crippen molar-refractivity contribution in [1.82, 2.24) is 15.5 Å². The summed E-state index contributed by atoms with van der Waals surface area (Å²) in [6, 6.07) is 5.14. The average Bonchev–Trinajstić information content (AvgIpc) is 2.43. The molecule has 0 radical (unpaired) electrons. The summed E-state index contributed by atoms with van der Waals surface area (Å²) in [6.07, 6.45) is 0. The van der Waals surface area contributed by atoms with E-state index in [1.54, 1.807) is 23.1 Å². The first-order valence-corrected chi connectivity index (χ1v) is 8.60. The number of rotatable bonds is 7. The lowest BCUT2D eigenvalue weighted by Gasteiger charge is -2.24. The maximum absolute atomic E-state index is 12.1. The summed E-state index contributed by atoms with van der Waals surface area (Å²) in [5, 5.41) is 6.76. The first-order valence-electron chi connectivity index (χ1n) is 7.84. The van der Waals surface area contributed by atoms with E-state index in [0.29, 0.717) is 23.1 Å². The van der Waals surface area contributed by atoms with E-state index in [2.05, 4.69) is 10.6 Å². The van der Waals surface area contributed by atoms with Crippen LogP contribution in [0.5, 0.6) is 0 Å². The van der Waals surface area contributed by atoms with Crippen LogP contribution in [0.4, 0.5) is 0 Å². The van der Waals surface area contributed by atoms with Crippen molar-refractivity contribution in [3.63, 3.8) is 0 Å². The fourth-order valence-corrected chi connectivity index (χ4v) is 2.53. The summed E-state index contributed by atoms with van der Waals surface area (Å²) >= 11 is 11.9. The molecule has 24 heavy (non-hydrogen) atoms. The highest BCUT2D eigenvalue weighted by Gasteiger charge is 2.17. The Labute approximate surface area is 153 Å². The lowest BCUT2D eigenvalue weighted by molar-refractivity contribution is -0.125. The highest BCUT2D eigenvalue weighted by molar-refractivity contribution is 6.35. The Bertz CT molecular complexity index is 586. The lowest BCUT2D eigenvalue weighted by atomic mass is 10.1. The van der Waals surface area contributed by atoms with Crippen LogP contribution in [-0.4, -0.2) is 41.9 Å². The number of hydrogen-bond donors (Lipinski definition) is 2. The number of nitrogens with zero attached hydrogens (tertiary/aromatic N) is 1. The van der Waals surface area contributed by atoms with Crippen molar-refractivity contribution >= 4 is 35.0 Å². The molecule has 0 aliphatic rings. The SMILES string of the molecule is CCN(CC(=O)NCc1ccc(Cl)cc1Cl)CC(=O)NC(C)(C)C. The molecule has 0 aliphatic heterocycles. The van der Waals surface area contributed by atoms with Gasteiger partial charge in [0.2, 0.25) is 11.8 Å². The molecule has 0 unspecified atom stereocenters.